The van der Waals surface area contributed by atoms with Gasteiger partial charge in [-0.25, -0.2) is 4.98 Å². The van der Waals surface area contributed by atoms with Crippen LogP contribution in [-0.2, 0) is 17.8 Å². The second-order valence-electron chi connectivity index (χ2n) is 8.73. The first-order valence-corrected chi connectivity index (χ1v) is 12.7. The van der Waals surface area contributed by atoms with E-state index in [1.54, 1.807) is 24.3 Å². The highest BCUT2D eigenvalue weighted by molar-refractivity contribution is 7.14. The van der Waals surface area contributed by atoms with Crippen LogP contribution in [0.15, 0.2) is 84.2 Å². The number of non-ortho nitro benzene ring substituents is 1. The predicted octanol–water partition coefficient (Wildman–Crippen LogP) is 5.12. The summed E-state index contributed by atoms with van der Waals surface area (Å²) in [7, 11) is 1.46. The predicted molar refractivity (Wildman–Crippen MR) is 146 cm³/mol. The number of hydrogen-bond donors (Lipinski definition) is 1. The molecule has 0 saturated heterocycles. The van der Waals surface area contributed by atoms with E-state index in [4.69, 9.17) is 10.1 Å². The van der Waals surface area contributed by atoms with Crippen LogP contribution in [0.5, 0.6) is 0 Å². The summed E-state index contributed by atoms with van der Waals surface area (Å²) < 4.78 is 0. The monoisotopic (exact) mass is 530 g/mol. The van der Waals surface area contributed by atoms with Crippen LogP contribution in [0.1, 0.15) is 21.5 Å². The summed E-state index contributed by atoms with van der Waals surface area (Å²) in [6.45, 7) is 0.854. The van der Waals surface area contributed by atoms with Gasteiger partial charge in [0, 0.05) is 48.8 Å². The first-order valence-electron chi connectivity index (χ1n) is 11.9. The standard InChI is InChI=1S/C28H26N4O5S/c1-30(18-26(33)34)27(35)22-12-10-21(11-13-22)17-31(15-14-20-6-3-2-4-7-20)28-29-25(19-38-28)23-8-5-9-24(16-23)32(36)37/h2-13,16,19H,14-15,17-18H2,1H3,(H,33,34). The van der Waals surface area contributed by atoms with E-state index in [2.05, 4.69) is 17.0 Å². The molecule has 0 aliphatic rings. The number of anilines is 1. The molecule has 0 saturated carbocycles. The fourth-order valence-electron chi connectivity index (χ4n) is 3.94. The molecule has 3 aromatic carbocycles. The summed E-state index contributed by atoms with van der Waals surface area (Å²) in [5.74, 6) is -1.43. The zero-order valence-electron chi connectivity index (χ0n) is 20.7. The van der Waals surface area contributed by atoms with E-state index in [-0.39, 0.29) is 18.1 Å². The SMILES string of the molecule is CN(CC(=O)O)C(=O)c1ccc(CN(CCc2ccccc2)c2nc(-c3cccc([N+](=O)[O-])c3)cs2)cc1. The number of carbonyl (C=O) groups excluding carboxylic acids is 1. The van der Waals surface area contributed by atoms with E-state index in [0.717, 1.165) is 22.0 Å². The van der Waals surface area contributed by atoms with Crippen LogP contribution < -0.4 is 4.90 Å². The number of aromatic nitrogens is 1. The number of amides is 1. The molecule has 1 amide bonds. The van der Waals surface area contributed by atoms with Gasteiger partial charge in [-0.15, -0.1) is 11.3 Å². The lowest BCUT2D eigenvalue weighted by Crippen LogP contribution is -2.31. The number of carboxylic acids is 1. The minimum atomic E-state index is -1.07. The number of hydrogen-bond acceptors (Lipinski definition) is 7. The van der Waals surface area contributed by atoms with Crippen molar-refractivity contribution in [3.8, 4) is 11.3 Å². The van der Waals surface area contributed by atoms with Crippen molar-refractivity contribution in [3.63, 3.8) is 0 Å². The number of carbonyl (C=O) groups is 2. The lowest BCUT2D eigenvalue weighted by molar-refractivity contribution is -0.384. The molecule has 194 valence electrons. The van der Waals surface area contributed by atoms with Crippen molar-refractivity contribution in [3.05, 3.63) is 111 Å². The van der Waals surface area contributed by atoms with Crippen LogP contribution in [-0.4, -0.2) is 51.9 Å². The van der Waals surface area contributed by atoms with Crippen LogP contribution in [0.2, 0.25) is 0 Å². The van der Waals surface area contributed by atoms with Gasteiger partial charge >= 0.3 is 5.97 Å². The number of likely N-dealkylation sites (N-methyl/N-ethyl adjacent to an activating group) is 1. The maximum Gasteiger partial charge on any atom is 0.323 e. The zero-order valence-corrected chi connectivity index (χ0v) is 21.5. The van der Waals surface area contributed by atoms with Gasteiger partial charge in [0.05, 0.1) is 10.6 Å². The lowest BCUT2D eigenvalue weighted by Gasteiger charge is -2.22. The molecule has 0 bridgehead atoms. The third kappa shape index (κ3) is 6.80. The highest BCUT2D eigenvalue weighted by Crippen LogP contribution is 2.30. The Morgan fingerprint density at radius 1 is 1.00 bits per heavy atom. The number of nitro groups is 1. The molecule has 4 aromatic rings. The van der Waals surface area contributed by atoms with E-state index in [9.17, 15) is 19.7 Å². The van der Waals surface area contributed by atoms with Crippen LogP contribution >= 0.6 is 11.3 Å². The first-order chi connectivity index (χ1) is 18.3. The second kappa shape index (κ2) is 12.1. The smallest absolute Gasteiger partial charge is 0.323 e. The summed E-state index contributed by atoms with van der Waals surface area (Å²) in [6, 6.07) is 23.6. The number of nitrogens with zero attached hydrogens (tertiary/aromatic N) is 4. The largest absolute Gasteiger partial charge is 0.480 e. The average molecular weight is 531 g/mol. The lowest BCUT2D eigenvalue weighted by atomic mass is 10.1. The highest BCUT2D eigenvalue weighted by atomic mass is 32.1. The molecule has 0 spiro atoms. The van der Waals surface area contributed by atoms with Gasteiger partial charge in [0.15, 0.2) is 5.13 Å². The molecule has 0 unspecified atom stereocenters. The molecule has 9 nitrogen and oxygen atoms in total. The molecule has 4 rings (SSSR count). The Hall–Kier alpha value is -4.57. The van der Waals surface area contributed by atoms with Gasteiger partial charge in [-0.1, -0.05) is 54.6 Å². The van der Waals surface area contributed by atoms with Crippen molar-refractivity contribution in [2.75, 3.05) is 25.0 Å². The molecule has 1 N–H and O–H groups in total. The van der Waals surface area contributed by atoms with E-state index >= 15 is 0 Å². The Balaban J connectivity index is 1.55. The molecular formula is C28H26N4O5S. The normalized spacial score (nSPS) is 10.7. The van der Waals surface area contributed by atoms with Crippen LogP contribution in [0.25, 0.3) is 11.3 Å². The van der Waals surface area contributed by atoms with E-state index < -0.39 is 10.9 Å². The van der Waals surface area contributed by atoms with E-state index in [1.807, 2.05) is 35.7 Å². The quantitative estimate of drug-likeness (QED) is 0.211. The van der Waals surface area contributed by atoms with E-state index in [1.165, 1.54) is 36.1 Å². The molecule has 0 aliphatic heterocycles. The molecule has 38 heavy (non-hydrogen) atoms. The number of thiazole rings is 1. The zero-order chi connectivity index (χ0) is 27.1. The van der Waals surface area contributed by atoms with Crippen LogP contribution in [0.4, 0.5) is 10.8 Å². The van der Waals surface area contributed by atoms with Crippen molar-refractivity contribution in [2.45, 2.75) is 13.0 Å². The van der Waals surface area contributed by atoms with Gasteiger partial charge in [-0.2, -0.15) is 0 Å². The molecule has 1 heterocycles. The third-order valence-corrected chi connectivity index (χ3v) is 6.82. The number of benzene rings is 3. The summed E-state index contributed by atoms with van der Waals surface area (Å²) in [4.78, 5) is 42.3. The molecule has 0 atom stereocenters. The second-order valence-corrected chi connectivity index (χ2v) is 9.57. The Kier molecular flexibility index (Phi) is 8.44. The van der Waals surface area contributed by atoms with Gasteiger partial charge in [0.2, 0.25) is 0 Å². The van der Waals surface area contributed by atoms with Crippen molar-refractivity contribution in [1.82, 2.24) is 9.88 Å². The minimum absolute atomic E-state index is 0.0154. The Morgan fingerprint density at radius 2 is 1.74 bits per heavy atom. The van der Waals surface area contributed by atoms with E-state index in [0.29, 0.717) is 29.9 Å². The summed E-state index contributed by atoms with van der Waals surface area (Å²) >= 11 is 1.47. The van der Waals surface area contributed by atoms with Gasteiger partial charge in [-0.3, -0.25) is 19.7 Å². The van der Waals surface area contributed by atoms with Gasteiger partial charge in [-0.05, 0) is 29.7 Å². The molecule has 10 heteroatoms. The Bertz CT molecular complexity index is 1420. The maximum atomic E-state index is 12.5. The molecule has 0 aliphatic carbocycles. The summed E-state index contributed by atoms with van der Waals surface area (Å²) in [5, 5.41) is 22.8. The molecular weight excluding hydrogens is 504 g/mol. The third-order valence-electron chi connectivity index (χ3n) is 5.92. The number of carboxylic acid groups (broad SMARTS) is 1. The molecule has 0 radical (unpaired) electrons. The summed E-state index contributed by atoms with van der Waals surface area (Å²) in [5.41, 5.74) is 3.93. The van der Waals surface area contributed by atoms with Crippen molar-refractivity contribution < 1.29 is 19.6 Å². The minimum Gasteiger partial charge on any atom is -0.480 e. The Labute approximate surface area is 223 Å². The molecule has 0 fully saturated rings. The fraction of sp³-hybridized carbons (Fsp3) is 0.179. The topological polar surface area (TPSA) is 117 Å². The first kappa shape index (κ1) is 26.5. The van der Waals surface area contributed by atoms with Crippen molar-refractivity contribution in [1.29, 1.82) is 0 Å². The van der Waals surface area contributed by atoms with Gasteiger partial charge in [0.1, 0.15) is 6.54 Å². The fourth-order valence-corrected chi connectivity index (χ4v) is 4.80. The number of rotatable bonds is 11. The van der Waals surface area contributed by atoms with Crippen LogP contribution in [0, 0.1) is 10.1 Å². The maximum absolute atomic E-state index is 12.5. The number of aliphatic carboxylic acids is 1. The number of nitro benzene ring substituents is 1. The van der Waals surface area contributed by atoms with Crippen LogP contribution in [0.3, 0.4) is 0 Å². The average Bonchev–Trinajstić information content (AvgIpc) is 3.41. The van der Waals surface area contributed by atoms with Crippen molar-refractivity contribution >= 4 is 34.0 Å². The highest BCUT2D eigenvalue weighted by Gasteiger charge is 2.17. The van der Waals surface area contributed by atoms with Gasteiger partial charge in [0.25, 0.3) is 11.6 Å². The molecule has 1 aromatic heterocycles. The Morgan fingerprint density at radius 3 is 2.42 bits per heavy atom. The van der Waals surface area contributed by atoms with Crippen molar-refractivity contribution in [2.24, 2.45) is 0 Å². The van der Waals surface area contributed by atoms with Gasteiger partial charge < -0.3 is 14.9 Å². The summed E-state index contributed by atoms with van der Waals surface area (Å²) in [6.07, 6.45) is 0.795.